The summed E-state index contributed by atoms with van der Waals surface area (Å²) in [4.78, 5) is 15.1. The molecule has 164 valence electrons. The molecule has 3 aromatic rings. The molecule has 0 radical (unpaired) electrons. The van der Waals surface area contributed by atoms with Gasteiger partial charge in [-0.3, -0.25) is 4.79 Å². The van der Waals surface area contributed by atoms with Gasteiger partial charge in [0.25, 0.3) is 5.91 Å². The minimum absolute atomic E-state index is 0.267. The molecule has 0 saturated carbocycles. The summed E-state index contributed by atoms with van der Waals surface area (Å²) in [5, 5.41) is 11.2. The molecule has 0 aliphatic carbocycles. The molecule has 0 spiro atoms. The molecule has 7 nitrogen and oxygen atoms in total. The number of hydrogen-bond donors (Lipinski definition) is 1. The Morgan fingerprint density at radius 1 is 1.16 bits per heavy atom. The highest BCUT2D eigenvalue weighted by atomic mass is 79.9. The van der Waals surface area contributed by atoms with Crippen LogP contribution in [-0.4, -0.2) is 52.0 Å². The molecule has 2 aromatic carbocycles. The van der Waals surface area contributed by atoms with Crippen LogP contribution in [0, 0.1) is 6.92 Å². The molecule has 8 heteroatoms. The number of benzene rings is 2. The average molecular weight is 486 g/mol. The maximum absolute atomic E-state index is 12.8. The van der Waals surface area contributed by atoms with E-state index in [1.54, 1.807) is 4.68 Å². The zero-order chi connectivity index (χ0) is 22.2. The summed E-state index contributed by atoms with van der Waals surface area (Å²) >= 11 is 3.46. The van der Waals surface area contributed by atoms with Gasteiger partial charge in [0.2, 0.25) is 0 Å². The highest BCUT2D eigenvalue weighted by Gasteiger charge is 2.18. The largest absolute Gasteiger partial charge is 0.492 e. The zero-order valence-electron chi connectivity index (χ0n) is 18.1. The quantitative estimate of drug-likeness (QED) is 0.469. The number of hydrogen-bond acceptors (Lipinski definition) is 5. The molecule has 0 aliphatic heterocycles. The van der Waals surface area contributed by atoms with Gasteiger partial charge < -0.3 is 15.0 Å². The SMILES string of the molecule is CCN(CC)CCOc1ccccc1CNC(=O)c1nnn(-c2cccc(Br)c2)c1C. The molecule has 1 amide bonds. The van der Waals surface area contributed by atoms with Gasteiger partial charge in [-0.2, -0.15) is 0 Å². The van der Waals surface area contributed by atoms with Crippen LogP contribution in [0.15, 0.2) is 53.0 Å². The van der Waals surface area contributed by atoms with Gasteiger partial charge in [-0.15, -0.1) is 5.10 Å². The van der Waals surface area contributed by atoms with Crippen LogP contribution in [-0.2, 0) is 6.54 Å². The number of rotatable bonds is 10. The van der Waals surface area contributed by atoms with E-state index in [2.05, 4.69) is 50.3 Å². The number of nitrogens with one attached hydrogen (secondary N) is 1. The summed E-state index contributed by atoms with van der Waals surface area (Å²) in [6.45, 7) is 9.93. The van der Waals surface area contributed by atoms with Crippen LogP contribution in [0.3, 0.4) is 0 Å². The number of amides is 1. The Morgan fingerprint density at radius 2 is 1.94 bits per heavy atom. The first-order valence-electron chi connectivity index (χ1n) is 10.4. The molecule has 0 atom stereocenters. The lowest BCUT2D eigenvalue weighted by molar-refractivity contribution is 0.0945. The Kier molecular flexibility index (Phi) is 8.20. The molecular weight excluding hydrogens is 458 g/mol. The van der Waals surface area contributed by atoms with Crippen molar-refractivity contribution < 1.29 is 9.53 Å². The molecule has 0 saturated heterocycles. The number of halogens is 1. The number of aromatic nitrogens is 3. The fourth-order valence-electron chi connectivity index (χ4n) is 3.27. The van der Waals surface area contributed by atoms with Gasteiger partial charge in [-0.25, -0.2) is 4.68 Å². The van der Waals surface area contributed by atoms with Crippen LogP contribution < -0.4 is 10.1 Å². The predicted octanol–water partition coefficient (Wildman–Crippen LogP) is 3.99. The molecule has 1 aromatic heterocycles. The van der Waals surface area contributed by atoms with E-state index in [4.69, 9.17) is 4.74 Å². The summed E-state index contributed by atoms with van der Waals surface area (Å²) < 4.78 is 8.57. The van der Waals surface area contributed by atoms with Crippen molar-refractivity contribution in [1.82, 2.24) is 25.2 Å². The maximum Gasteiger partial charge on any atom is 0.274 e. The maximum atomic E-state index is 12.8. The molecule has 1 heterocycles. The normalized spacial score (nSPS) is 11.0. The van der Waals surface area contributed by atoms with Gasteiger partial charge in [-0.1, -0.05) is 59.3 Å². The van der Waals surface area contributed by atoms with Crippen LogP contribution in [0.5, 0.6) is 5.75 Å². The minimum atomic E-state index is -0.267. The van der Waals surface area contributed by atoms with E-state index in [0.29, 0.717) is 24.5 Å². The van der Waals surface area contributed by atoms with E-state index >= 15 is 0 Å². The lowest BCUT2D eigenvalue weighted by Crippen LogP contribution is -2.28. The molecule has 3 rings (SSSR count). The molecular formula is C23H28BrN5O2. The standard InChI is InChI=1S/C23H28BrN5O2/c1-4-28(5-2)13-14-31-21-12-7-6-9-18(21)16-25-23(30)22-17(3)29(27-26-22)20-11-8-10-19(24)15-20/h6-12,15H,4-5,13-14,16H2,1-3H3,(H,25,30). The molecule has 0 unspecified atom stereocenters. The van der Waals surface area contributed by atoms with Crippen molar-refractivity contribution in [3.63, 3.8) is 0 Å². The van der Waals surface area contributed by atoms with Crippen LogP contribution in [0.2, 0.25) is 0 Å². The Balaban J connectivity index is 1.64. The number of likely N-dealkylation sites (N-methyl/N-ethyl adjacent to an activating group) is 1. The molecule has 31 heavy (non-hydrogen) atoms. The van der Waals surface area contributed by atoms with Crippen molar-refractivity contribution in [3.05, 3.63) is 70.0 Å². The second kappa shape index (κ2) is 11.1. The Bertz CT molecular complexity index is 1020. The zero-order valence-corrected chi connectivity index (χ0v) is 19.7. The highest BCUT2D eigenvalue weighted by molar-refractivity contribution is 9.10. The minimum Gasteiger partial charge on any atom is -0.492 e. The van der Waals surface area contributed by atoms with Gasteiger partial charge in [0, 0.05) is 23.1 Å². The first-order valence-corrected chi connectivity index (χ1v) is 11.2. The second-order valence-corrected chi connectivity index (χ2v) is 8.00. The third-order valence-electron chi connectivity index (χ3n) is 5.13. The van der Waals surface area contributed by atoms with Crippen LogP contribution >= 0.6 is 15.9 Å². The predicted molar refractivity (Wildman–Crippen MR) is 125 cm³/mol. The van der Waals surface area contributed by atoms with Crippen molar-refractivity contribution in [1.29, 1.82) is 0 Å². The van der Waals surface area contributed by atoms with Crippen LogP contribution in [0.25, 0.3) is 5.69 Å². The van der Waals surface area contributed by atoms with E-state index < -0.39 is 0 Å². The van der Waals surface area contributed by atoms with Gasteiger partial charge in [0.15, 0.2) is 5.69 Å². The van der Waals surface area contributed by atoms with E-state index in [-0.39, 0.29) is 5.91 Å². The first-order chi connectivity index (χ1) is 15.0. The number of ether oxygens (including phenoxy) is 1. The van der Waals surface area contributed by atoms with E-state index in [1.165, 1.54) is 0 Å². The summed E-state index contributed by atoms with van der Waals surface area (Å²) in [5.74, 6) is 0.515. The summed E-state index contributed by atoms with van der Waals surface area (Å²) in [5.41, 5.74) is 2.75. The van der Waals surface area contributed by atoms with Crippen LogP contribution in [0.1, 0.15) is 35.6 Å². The Hall–Kier alpha value is -2.71. The Morgan fingerprint density at radius 3 is 2.68 bits per heavy atom. The summed E-state index contributed by atoms with van der Waals surface area (Å²) in [6.07, 6.45) is 0. The number of carbonyl (C=O) groups excluding carboxylic acids is 1. The van der Waals surface area contributed by atoms with Crippen molar-refractivity contribution in [2.45, 2.75) is 27.3 Å². The van der Waals surface area contributed by atoms with Crippen molar-refractivity contribution in [3.8, 4) is 11.4 Å². The number of carbonyl (C=O) groups is 1. The fraction of sp³-hybridized carbons (Fsp3) is 0.348. The fourth-order valence-corrected chi connectivity index (χ4v) is 3.65. The monoisotopic (exact) mass is 485 g/mol. The van der Waals surface area contributed by atoms with E-state index in [1.807, 2.05) is 55.5 Å². The molecule has 0 aliphatic rings. The topological polar surface area (TPSA) is 72.3 Å². The second-order valence-electron chi connectivity index (χ2n) is 7.08. The average Bonchev–Trinajstić information content (AvgIpc) is 3.17. The lowest BCUT2D eigenvalue weighted by Gasteiger charge is -2.19. The first kappa shape index (κ1) is 23.0. The lowest BCUT2D eigenvalue weighted by atomic mass is 10.2. The third-order valence-corrected chi connectivity index (χ3v) is 5.63. The van der Waals surface area contributed by atoms with Gasteiger partial charge in [0.1, 0.15) is 12.4 Å². The van der Waals surface area contributed by atoms with E-state index in [9.17, 15) is 4.79 Å². The summed E-state index contributed by atoms with van der Waals surface area (Å²) in [6, 6.07) is 15.5. The molecule has 1 N–H and O–H groups in total. The van der Waals surface area contributed by atoms with Crippen molar-refractivity contribution in [2.75, 3.05) is 26.2 Å². The van der Waals surface area contributed by atoms with Crippen molar-refractivity contribution in [2.24, 2.45) is 0 Å². The molecule has 0 bridgehead atoms. The number of nitrogens with zero attached hydrogens (tertiary/aromatic N) is 4. The van der Waals surface area contributed by atoms with Gasteiger partial charge in [0.05, 0.1) is 11.4 Å². The highest BCUT2D eigenvalue weighted by Crippen LogP contribution is 2.19. The van der Waals surface area contributed by atoms with Gasteiger partial charge in [-0.05, 0) is 44.3 Å². The summed E-state index contributed by atoms with van der Waals surface area (Å²) in [7, 11) is 0. The van der Waals surface area contributed by atoms with Crippen LogP contribution in [0.4, 0.5) is 0 Å². The van der Waals surface area contributed by atoms with E-state index in [0.717, 1.165) is 41.1 Å². The molecule has 0 fully saturated rings. The third kappa shape index (κ3) is 5.92. The smallest absolute Gasteiger partial charge is 0.274 e. The van der Waals surface area contributed by atoms with Crippen molar-refractivity contribution >= 4 is 21.8 Å². The van der Waals surface area contributed by atoms with Gasteiger partial charge >= 0.3 is 0 Å². The number of para-hydroxylation sites is 1. The Labute approximate surface area is 191 Å².